The number of aromatic nitrogens is 2. The Morgan fingerprint density at radius 2 is 1.64 bits per heavy atom. The number of carbonyl (C=O) groups excluding carboxylic acids is 1. The molecule has 0 spiro atoms. The highest BCUT2D eigenvalue weighted by Gasteiger charge is 2.25. The first-order valence-electron chi connectivity index (χ1n) is 11.3. The van der Waals surface area contributed by atoms with Crippen LogP contribution in [-0.4, -0.2) is 54.7 Å². The number of rotatable bonds is 8. The average molecular weight is 447 g/mol. The van der Waals surface area contributed by atoms with E-state index < -0.39 is 0 Å². The summed E-state index contributed by atoms with van der Waals surface area (Å²) in [7, 11) is 3.12. The largest absolute Gasteiger partial charge is 0.497 e. The summed E-state index contributed by atoms with van der Waals surface area (Å²) in [5.41, 5.74) is 4.23. The molecule has 2 aromatic carbocycles. The number of nitrogens with zero attached hydrogens (tertiary/aromatic N) is 3. The summed E-state index contributed by atoms with van der Waals surface area (Å²) in [5, 5.41) is 3.26. The van der Waals surface area contributed by atoms with Crippen LogP contribution >= 0.6 is 0 Å². The van der Waals surface area contributed by atoms with E-state index in [0.717, 1.165) is 61.5 Å². The Morgan fingerprint density at radius 3 is 2.24 bits per heavy atom. The smallest absolute Gasteiger partial charge is 0.308 e. The zero-order valence-corrected chi connectivity index (χ0v) is 19.2. The molecule has 1 fully saturated rings. The summed E-state index contributed by atoms with van der Waals surface area (Å²) in [4.78, 5) is 23.0. The molecule has 3 aromatic rings. The zero-order valence-electron chi connectivity index (χ0n) is 19.2. The van der Waals surface area contributed by atoms with E-state index in [9.17, 15) is 4.79 Å². The van der Waals surface area contributed by atoms with Crippen LogP contribution in [0.25, 0.3) is 11.1 Å². The number of ether oxygens (including phenoxy) is 2. The quantitative estimate of drug-likeness (QED) is 0.516. The summed E-state index contributed by atoms with van der Waals surface area (Å²) >= 11 is 0. The molecule has 1 N–H and O–H groups in total. The number of nitrogens with one attached hydrogen (secondary N) is 1. The first-order valence-corrected chi connectivity index (χ1v) is 11.3. The summed E-state index contributed by atoms with van der Waals surface area (Å²) in [6.07, 6.45) is 6.37. The lowest BCUT2D eigenvalue weighted by atomic mass is 9.97. The third-order valence-corrected chi connectivity index (χ3v) is 6.12. The molecule has 172 valence electrons. The monoisotopic (exact) mass is 446 g/mol. The minimum atomic E-state index is -0.0721. The zero-order chi connectivity index (χ0) is 23.0. The molecule has 7 nitrogen and oxygen atoms in total. The lowest BCUT2D eigenvalue weighted by Gasteiger charge is -2.30. The highest BCUT2D eigenvalue weighted by Crippen LogP contribution is 2.23. The number of benzene rings is 2. The summed E-state index contributed by atoms with van der Waals surface area (Å²) in [5.74, 6) is 1.37. The molecule has 0 amide bonds. The van der Waals surface area contributed by atoms with Crippen molar-refractivity contribution in [2.45, 2.75) is 19.3 Å². The number of hydrogen-bond acceptors (Lipinski definition) is 7. The van der Waals surface area contributed by atoms with Crippen LogP contribution in [0.5, 0.6) is 5.75 Å². The number of carbonyl (C=O) groups is 1. The molecule has 33 heavy (non-hydrogen) atoms. The van der Waals surface area contributed by atoms with Crippen molar-refractivity contribution >= 4 is 17.6 Å². The van der Waals surface area contributed by atoms with Gasteiger partial charge in [-0.2, -0.15) is 0 Å². The average Bonchev–Trinajstić information content (AvgIpc) is 2.88. The van der Waals surface area contributed by atoms with Crippen LogP contribution in [-0.2, 0) is 16.0 Å². The van der Waals surface area contributed by atoms with Crippen LogP contribution in [0, 0.1) is 5.92 Å². The van der Waals surface area contributed by atoms with Gasteiger partial charge in [0.05, 0.1) is 20.1 Å². The second-order valence-electron chi connectivity index (χ2n) is 8.23. The van der Waals surface area contributed by atoms with Gasteiger partial charge in [-0.1, -0.05) is 24.3 Å². The van der Waals surface area contributed by atoms with E-state index in [1.165, 1.54) is 12.7 Å². The van der Waals surface area contributed by atoms with Crippen LogP contribution in [0.3, 0.4) is 0 Å². The Kier molecular flexibility index (Phi) is 7.52. The Hall–Kier alpha value is -3.45. The minimum absolute atomic E-state index is 0.0594. The standard InChI is InChI=1S/C26H30N4O3/c1-32-24-9-5-20(6-10-24)22-17-27-26(28-18-22)29-23-7-3-19(4-8-23)11-14-30-15-12-21(13-16-30)25(31)33-2/h3-10,17-18,21H,11-16H2,1-2H3,(H,27,28,29). The van der Waals surface area contributed by atoms with E-state index in [1.807, 2.05) is 36.7 Å². The maximum absolute atomic E-state index is 11.7. The minimum Gasteiger partial charge on any atom is -0.497 e. The van der Waals surface area contributed by atoms with Crippen LogP contribution in [0.15, 0.2) is 60.9 Å². The molecule has 0 atom stereocenters. The van der Waals surface area contributed by atoms with Gasteiger partial charge in [0.15, 0.2) is 0 Å². The Labute approximate surface area is 194 Å². The third-order valence-electron chi connectivity index (χ3n) is 6.12. The van der Waals surface area contributed by atoms with Gasteiger partial charge in [0.25, 0.3) is 0 Å². The lowest BCUT2D eigenvalue weighted by molar-refractivity contribution is -0.147. The van der Waals surface area contributed by atoms with Crippen LogP contribution in [0.4, 0.5) is 11.6 Å². The van der Waals surface area contributed by atoms with Gasteiger partial charge in [-0.3, -0.25) is 4.79 Å². The van der Waals surface area contributed by atoms with Gasteiger partial charge in [-0.25, -0.2) is 9.97 Å². The normalized spacial score (nSPS) is 14.6. The Morgan fingerprint density at radius 1 is 0.970 bits per heavy atom. The summed E-state index contributed by atoms with van der Waals surface area (Å²) < 4.78 is 10.1. The lowest BCUT2D eigenvalue weighted by Crippen LogP contribution is -2.37. The molecule has 0 aliphatic carbocycles. The van der Waals surface area contributed by atoms with Gasteiger partial charge in [-0.15, -0.1) is 0 Å². The van der Waals surface area contributed by atoms with E-state index >= 15 is 0 Å². The van der Waals surface area contributed by atoms with Crippen LogP contribution in [0.1, 0.15) is 18.4 Å². The Bertz CT molecular complexity index is 1030. The fraction of sp³-hybridized carbons (Fsp3) is 0.346. The van der Waals surface area contributed by atoms with Gasteiger partial charge in [0.2, 0.25) is 5.95 Å². The van der Waals surface area contributed by atoms with Gasteiger partial charge in [-0.05, 0) is 67.7 Å². The van der Waals surface area contributed by atoms with E-state index in [0.29, 0.717) is 5.95 Å². The number of likely N-dealkylation sites (tertiary alicyclic amines) is 1. The number of anilines is 2. The fourth-order valence-corrected chi connectivity index (χ4v) is 4.06. The molecular weight excluding hydrogens is 416 g/mol. The van der Waals surface area contributed by atoms with Crippen molar-refractivity contribution in [2.24, 2.45) is 5.92 Å². The van der Waals surface area contributed by atoms with Gasteiger partial charge in [0.1, 0.15) is 5.75 Å². The summed E-state index contributed by atoms with van der Waals surface area (Å²) in [6, 6.07) is 16.2. The van der Waals surface area contributed by atoms with Crippen molar-refractivity contribution in [2.75, 3.05) is 39.2 Å². The predicted molar refractivity (Wildman–Crippen MR) is 129 cm³/mol. The van der Waals surface area contributed by atoms with E-state index in [1.54, 1.807) is 7.11 Å². The number of esters is 1. The molecule has 0 radical (unpaired) electrons. The maximum Gasteiger partial charge on any atom is 0.308 e. The van der Waals surface area contributed by atoms with Crippen molar-refractivity contribution in [3.63, 3.8) is 0 Å². The molecular formula is C26H30N4O3. The van der Waals surface area contributed by atoms with Crippen molar-refractivity contribution < 1.29 is 14.3 Å². The number of piperidine rings is 1. The van der Waals surface area contributed by atoms with Crippen LogP contribution in [0.2, 0.25) is 0 Å². The topological polar surface area (TPSA) is 76.6 Å². The highest BCUT2D eigenvalue weighted by atomic mass is 16.5. The predicted octanol–water partition coefficient (Wildman–Crippen LogP) is 4.32. The molecule has 0 bridgehead atoms. The maximum atomic E-state index is 11.7. The van der Waals surface area contributed by atoms with Crippen molar-refractivity contribution in [3.05, 3.63) is 66.5 Å². The first kappa shape index (κ1) is 22.7. The van der Waals surface area contributed by atoms with Crippen molar-refractivity contribution in [3.8, 4) is 16.9 Å². The third kappa shape index (κ3) is 6.08. The molecule has 0 unspecified atom stereocenters. The highest BCUT2D eigenvalue weighted by molar-refractivity contribution is 5.72. The molecule has 1 aromatic heterocycles. The van der Waals surface area contributed by atoms with Gasteiger partial charge < -0.3 is 19.7 Å². The summed E-state index contributed by atoms with van der Waals surface area (Å²) in [6.45, 7) is 2.89. The second-order valence-corrected chi connectivity index (χ2v) is 8.23. The van der Waals surface area contributed by atoms with E-state index in [-0.39, 0.29) is 11.9 Å². The molecule has 1 saturated heterocycles. The van der Waals surface area contributed by atoms with E-state index in [4.69, 9.17) is 9.47 Å². The number of methoxy groups -OCH3 is 2. The molecule has 4 rings (SSSR count). The van der Waals surface area contributed by atoms with Crippen molar-refractivity contribution in [1.82, 2.24) is 14.9 Å². The molecule has 1 aliphatic heterocycles. The van der Waals surface area contributed by atoms with Crippen molar-refractivity contribution in [1.29, 1.82) is 0 Å². The molecule has 1 aliphatic rings. The fourth-order valence-electron chi connectivity index (χ4n) is 4.06. The van der Waals surface area contributed by atoms with Gasteiger partial charge in [0, 0.05) is 30.2 Å². The molecule has 7 heteroatoms. The van der Waals surface area contributed by atoms with E-state index in [2.05, 4.69) is 44.5 Å². The number of hydrogen-bond donors (Lipinski definition) is 1. The second kappa shape index (κ2) is 10.9. The van der Waals surface area contributed by atoms with Gasteiger partial charge >= 0.3 is 5.97 Å². The molecule has 2 heterocycles. The SMILES string of the molecule is COC(=O)C1CCN(CCc2ccc(Nc3ncc(-c4ccc(OC)cc4)cn3)cc2)CC1. The molecule has 0 saturated carbocycles. The first-order chi connectivity index (χ1) is 16.1. The Balaban J connectivity index is 1.26. The van der Waals surface area contributed by atoms with Crippen LogP contribution < -0.4 is 10.1 Å².